The molecule has 82 valence electrons. The molecule has 0 bridgehead atoms. The van der Waals surface area contributed by atoms with Crippen molar-refractivity contribution < 1.29 is 4.39 Å². The maximum absolute atomic E-state index is 12.9. The van der Waals surface area contributed by atoms with Gasteiger partial charge < -0.3 is 0 Å². The van der Waals surface area contributed by atoms with E-state index in [9.17, 15) is 4.39 Å². The normalized spacial score (nSPS) is 10.4. The summed E-state index contributed by atoms with van der Waals surface area (Å²) in [5, 5.41) is 0.745. The van der Waals surface area contributed by atoms with Crippen molar-refractivity contribution in [2.45, 2.75) is 12.8 Å². The first-order valence-corrected chi connectivity index (χ1v) is 5.61. The van der Waals surface area contributed by atoms with Crippen LogP contribution in [0.25, 0.3) is 0 Å². The highest BCUT2D eigenvalue weighted by Gasteiger charge is 1.97. The number of hydrogen-bond acceptors (Lipinski definition) is 0. The lowest BCUT2D eigenvalue weighted by Crippen LogP contribution is -1.91. The van der Waals surface area contributed by atoms with E-state index in [1.165, 1.54) is 11.6 Å². The first-order chi connectivity index (χ1) is 7.74. The Bertz CT molecular complexity index is 462. The van der Waals surface area contributed by atoms with Gasteiger partial charge in [-0.25, -0.2) is 4.39 Å². The molecule has 0 nitrogen and oxygen atoms in total. The molecule has 16 heavy (non-hydrogen) atoms. The van der Waals surface area contributed by atoms with Crippen molar-refractivity contribution in [3.8, 4) is 0 Å². The minimum atomic E-state index is -0.173. The molecular weight excluding hydrogens is 223 g/mol. The van der Waals surface area contributed by atoms with Crippen molar-refractivity contribution in [3.05, 3.63) is 70.5 Å². The first-order valence-electron chi connectivity index (χ1n) is 5.23. The van der Waals surface area contributed by atoms with Crippen LogP contribution in [0.15, 0.2) is 48.5 Å². The Labute approximate surface area is 99.7 Å². The maximum Gasteiger partial charge on any atom is 0.123 e. The molecule has 0 atom stereocenters. The van der Waals surface area contributed by atoms with Gasteiger partial charge in [0.1, 0.15) is 5.82 Å². The Morgan fingerprint density at radius 2 is 1.56 bits per heavy atom. The molecule has 0 unspecified atom stereocenters. The molecule has 2 aromatic carbocycles. The van der Waals surface area contributed by atoms with Gasteiger partial charge in [0.25, 0.3) is 0 Å². The summed E-state index contributed by atoms with van der Waals surface area (Å²) in [5.41, 5.74) is 2.24. The molecule has 0 heterocycles. The Balaban J connectivity index is 1.99. The van der Waals surface area contributed by atoms with Gasteiger partial charge in [0.05, 0.1) is 0 Å². The molecule has 0 saturated heterocycles. The number of benzene rings is 2. The largest absolute Gasteiger partial charge is 0.207 e. The van der Waals surface area contributed by atoms with E-state index in [0.717, 1.165) is 23.4 Å². The summed E-state index contributed by atoms with van der Waals surface area (Å²) in [5.74, 6) is -0.173. The van der Waals surface area contributed by atoms with Crippen LogP contribution in [0.2, 0.25) is 5.02 Å². The Hall–Kier alpha value is -1.34. The monoisotopic (exact) mass is 234 g/mol. The molecule has 0 spiro atoms. The lowest BCUT2D eigenvalue weighted by atomic mass is 10.0. The van der Waals surface area contributed by atoms with Crippen molar-refractivity contribution in [1.82, 2.24) is 0 Å². The van der Waals surface area contributed by atoms with E-state index in [2.05, 4.69) is 0 Å². The highest BCUT2D eigenvalue weighted by atomic mass is 35.5. The molecule has 0 fully saturated rings. The molecule has 2 aromatic rings. The van der Waals surface area contributed by atoms with E-state index in [4.69, 9.17) is 11.6 Å². The van der Waals surface area contributed by atoms with E-state index in [0.29, 0.717) is 0 Å². The van der Waals surface area contributed by atoms with Crippen LogP contribution in [0.4, 0.5) is 4.39 Å². The zero-order valence-electron chi connectivity index (χ0n) is 8.79. The van der Waals surface area contributed by atoms with Crippen LogP contribution < -0.4 is 0 Å². The SMILES string of the molecule is Fc1cccc(CCc2ccc(Cl)cc2)c1. The second kappa shape index (κ2) is 5.13. The minimum absolute atomic E-state index is 0.173. The van der Waals surface area contributed by atoms with Gasteiger partial charge in [-0.2, -0.15) is 0 Å². The third-order valence-electron chi connectivity index (χ3n) is 2.50. The first kappa shape index (κ1) is 11.2. The molecular formula is C14H12ClF. The smallest absolute Gasteiger partial charge is 0.123 e. The summed E-state index contributed by atoms with van der Waals surface area (Å²) in [7, 11) is 0. The van der Waals surface area contributed by atoms with Crippen LogP contribution in [0.5, 0.6) is 0 Å². The van der Waals surface area contributed by atoms with Gasteiger partial charge in [0.2, 0.25) is 0 Å². The van der Waals surface area contributed by atoms with Crippen LogP contribution in [0.3, 0.4) is 0 Å². The summed E-state index contributed by atoms with van der Waals surface area (Å²) < 4.78 is 12.9. The second-order valence-corrected chi connectivity index (χ2v) is 4.19. The van der Waals surface area contributed by atoms with Gasteiger partial charge in [-0.3, -0.25) is 0 Å². The van der Waals surface area contributed by atoms with E-state index in [1.54, 1.807) is 12.1 Å². The maximum atomic E-state index is 12.9. The molecule has 0 N–H and O–H groups in total. The van der Waals surface area contributed by atoms with Crippen LogP contribution in [-0.4, -0.2) is 0 Å². The third-order valence-corrected chi connectivity index (χ3v) is 2.76. The molecule has 0 saturated carbocycles. The van der Waals surface area contributed by atoms with Gasteiger partial charge >= 0.3 is 0 Å². The summed E-state index contributed by atoms with van der Waals surface area (Å²) in [6.07, 6.45) is 1.75. The quantitative estimate of drug-likeness (QED) is 0.744. The van der Waals surface area contributed by atoms with Gasteiger partial charge in [-0.15, -0.1) is 0 Å². The van der Waals surface area contributed by atoms with E-state index in [-0.39, 0.29) is 5.82 Å². The molecule has 0 amide bonds. The van der Waals surface area contributed by atoms with Crippen LogP contribution in [0.1, 0.15) is 11.1 Å². The molecule has 0 aliphatic carbocycles. The van der Waals surface area contributed by atoms with E-state index in [1.807, 2.05) is 30.3 Å². The third kappa shape index (κ3) is 3.07. The molecule has 2 heteroatoms. The summed E-state index contributed by atoms with van der Waals surface area (Å²) in [4.78, 5) is 0. The lowest BCUT2D eigenvalue weighted by molar-refractivity contribution is 0.625. The Kier molecular flexibility index (Phi) is 3.58. The zero-order valence-corrected chi connectivity index (χ0v) is 9.54. The number of hydrogen-bond donors (Lipinski definition) is 0. The average molecular weight is 235 g/mol. The van der Waals surface area contributed by atoms with Crippen molar-refractivity contribution >= 4 is 11.6 Å². The summed E-state index contributed by atoms with van der Waals surface area (Å²) in [6, 6.07) is 14.5. The molecule has 2 rings (SSSR count). The standard InChI is InChI=1S/C14H12ClF/c15-13-8-6-11(7-9-13)4-5-12-2-1-3-14(16)10-12/h1-3,6-10H,4-5H2. The van der Waals surface area contributed by atoms with Crippen molar-refractivity contribution in [1.29, 1.82) is 0 Å². The Morgan fingerprint density at radius 3 is 2.25 bits per heavy atom. The fourth-order valence-electron chi connectivity index (χ4n) is 1.63. The number of aryl methyl sites for hydroxylation is 2. The van der Waals surface area contributed by atoms with Crippen LogP contribution in [0, 0.1) is 5.82 Å². The van der Waals surface area contributed by atoms with Gasteiger partial charge in [-0.1, -0.05) is 35.9 Å². The predicted octanol–water partition coefficient (Wildman–Crippen LogP) is 4.26. The predicted molar refractivity (Wildman–Crippen MR) is 65.3 cm³/mol. The summed E-state index contributed by atoms with van der Waals surface area (Å²) >= 11 is 5.80. The highest BCUT2D eigenvalue weighted by molar-refractivity contribution is 6.30. The molecule has 0 aliphatic rings. The zero-order chi connectivity index (χ0) is 11.4. The molecule has 0 aromatic heterocycles. The number of halogens is 2. The topological polar surface area (TPSA) is 0 Å². The van der Waals surface area contributed by atoms with Gasteiger partial charge in [-0.05, 0) is 48.2 Å². The van der Waals surface area contributed by atoms with Crippen molar-refractivity contribution in [2.75, 3.05) is 0 Å². The fourth-order valence-corrected chi connectivity index (χ4v) is 1.76. The van der Waals surface area contributed by atoms with Crippen molar-refractivity contribution in [2.24, 2.45) is 0 Å². The summed E-state index contributed by atoms with van der Waals surface area (Å²) in [6.45, 7) is 0. The second-order valence-electron chi connectivity index (χ2n) is 3.76. The lowest BCUT2D eigenvalue weighted by Gasteiger charge is -2.02. The van der Waals surface area contributed by atoms with E-state index >= 15 is 0 Å². The van der Waals surface area contributed by atoms with Crippen LogP contribution in [-0.2, 0) is 12.8 Å². The van der Waals surface area contributed by atoms with E-state index < -0.39 is 0 Å². The Morgan fingerprint density at radius 1 is 0.875 bits per heavy atom. The van der Waals surface area contributed by atoms with Gasteiger partial charge in [0.15, 0.2) is 0 Å². The minimum Gasteiger partial charge on any atom is -0.207 e. The molecule has 0 radical (unpaired) electrons. The van der Waals surface area contributed by atoms with Gasteiger partial charge in [0, 0.05) is 5.02 Å². The average Bonchev–Trinajstić information content (AvgIpc) is 2.28. The molecule has 0 aliphatic heterocycles. The van der Waals surface area contributed by atoms with Crippen molar-refractivity contribution in [3.63, 3.8) is 0 Å². The van der Waals surface area contributed by atoms with Crippen LogP contribution >= 0.6 is 11.6 Å². The fraction of sp³-hybridized carbons (Fsp3) is 0.143. The number of rotatable bonds is 3. The highest BCUT2D eigenvalue weighted by Crippen LogP contribution is 2.12.